The molecule has 2 atom stereocenters. The van der Waals surface area contributed by atoms with E-state index in [1.807, 2.05) is 36.4 Å². The quantitative estimate of drug-likeness (QED) is 0.473. The second-order valence-corrected chi connectivity index (χ2v) is 8.53. The molecule has 0 spiro atoms. The van der Waals surface area contributed by atoms with E-state index in [1.54, 1.807) is 38.6 Å². The Kier molecular flexibility index (Phi) is 4.12. The topological polar surface area (TPSA) is 68.7 Å². The third kappa shape index (κ3) is 2.13. The molecule has 32 heavy (non-hydrogen) atoms. The molecule has 0 unspecified atom stereocenters. The highest BCUT2D eigenvalue weighted by Crippen LogP contribution is 2.65. The Hall–Kier alpha value is -3.35. The zero-order chi connectivity index (χ0) is 22.0. The molecule has 2 aromatic carbocycles. The first-order chi connectivity index (χ1) is 15.7. The summed E-state index contributed by atoms with van der Waals surface area (Å²) in [5, 5.41) is 0. The number of nitrogens with zero attached hydrogens (tertiary/aromatic N) is 2. The number of pyridine rings is 1. The molecule has 1 aliphatic heterocycles. The van der Waals surface area contributed by atoms with Gasteiger partial charge in [0.1, 0.15) is 5.82 Å². The second-order valence-electron chi connectivity index (χ2n) is 8.53. The van der Waals surface area contributed by atoms with E-state index < -0.39 is 23.5 Å². The molecule has 7 rings (SSSR count). The fraction of sp³-hybridized carbons (Fsp3) is 0.269. The summed E-state index contributed by atoms with van der Waals surface area (Å²) in [5.74, 6) is -1.55. The molecule has 0 saturated carbocycles. The number of aromatic nitrogens is 1. The zero-order valence-electron chi connectivity index (χ0n) is 17.8. The molecule has 0 radical (unpaired) electrons. The Morgan fingerprint density at radius 1 is 0.844 bits per heavy atom. The van der Waals surface area contributed by atoms with Crippen molar-refractivity contribution in [3.8, 4) is 0 Å². The summed E-state index contributed by atoms with van der Waals surface area (Å²) in [5.41, 5.74) is 3.13. The summed E-state index contributed by atoms with van der Waals surface area (Å²) >= 11 is 0. The van der Waals surface area contributed by atoms with Crippen molar-refractivity contribution in [1.29, 1.82) is 0 Å². The molecule has 3 aromatic rings. The van der Waals surface area contributed by atoms with Crippen LogP contribution in [0.15, 0.2) is 72.9 Å². The minimum atomic E-state index is -0.952. The Balaban J connectivity index is 1.69. The van der Waals surface area contributed by atoms with E-state index in [2.05, 4.69) is 17.1 Å². The lowest BCUT2D eigenvalue weighted by molar-refractivity contribution is -0.168. The fourth-order valence-electron chi connectivity index (χ4n) is 6.41. The molecule has 2 amide bonds. The van der Waals surface area contributed by atoms with Crippen LogP contribution >= 0.6 is 0 Å². The number of rotatable bonds is 4. The maximum absolute atomic E-state index is 14.1. The molecular formula is C26H22N2O4. The smallest absolute Gasteiger partial charge is 0.240 e. The molecule has 160 valence electrons. The average molecular weight is 426 g/mol. The molecule has 2 heterocycles. The molecule has 1 fully saturated rings. The van der Waals surface area contributed by atoms with Gasteiger partial charge in [-0.15, -0.1) is 0 Å². The third-order valence-electron chi connectivity index (χ3n) is 7.36. The van der Waals surface area contributed by atoms with Gasteiger partial charge in [-0.1, -0.05) is 54.6 Å². The Morgan fingerprint density at radius 3 is 2.00 bits per heavy atom. The molecule has 2 bridgehead atoms. The molecule has 0 N–H and O–H groups in total. The maximum Gasteiger partial charge on any atom is 0.240 e. The number of amides is 2. The molecule has 6 heteroatoms. The average Bonchev–Trinajstić information content (AvgIpc) is 3.11. The molecule has 6 nitrogen and oxygen atoms in total. The van der Waals surface area contributed by atoms with Crippen LogP contribution in [0.3, 0.4) is 0 Å². The number of imide groups is 1. The van der Waals surface area contributed by atoms with Crippen molar-refractivity contribution in [3.63, 3.8) is 0 Å². The van der Waals surface area contributed by atoms with E-state index in [0.717, 1.165) is 22.3 Å². The van der Waals surface area contributed by atoms with Crippen molar-refractivity contribution in [2.24, 2.45) is 11.8 Å². The van der Waals surface area contributed by atoms with Crippen molar-refractivity contribution < 1.29 is 19.1 Å². The Bertz CT molecular complexity index is 1190. The van der Waals surface area contributed by atoms with Gasteiger partial charge in [0.05, 0.1) is 17.3 Å². The highest BCUT2D eigenvalue weighted by molar-refractivity contribution is 6.23. The van der Waals surface area contributed by atoms with Crippen LogP contribution < -0.4 is 4.90 Å². The van der Waals surface area contributed by atoms with Crippen LogP contribution in [0, 0.1) is 11.8 Å². The summed E-state index contributed by atoms with van der Waals surface area (Å²) < 4.78 is 11.8. The van der Waals surface area contributed by atoms with Crippen molar-refractivity contribution in [1.82, 2.24) is 4.98 Å². The van der Waals surface area contributed by atoms with Gasteiger partial charge in [0.15, 0.2) is 6.29 Å². The van der Waals surface area contributed by atoms with Crippen molar-refractivity contribution >= 4 is 17.6 Å². The number of anilines is 1. The molecular weight excluding hydrogens is 404 g/mol. The predicted molar refractivity (Wildman–Crippen MR) is 117 cm³/mol. The van der Waals surface area contributed by atoms with Crippen molar-refractivity contribution in [2.75, 3.05) is 19.1 Å². The zero-order valence-corrected chi connectivity index (χ0v) is 17.8. The van der Waals surface area contributed by atoms with Gasteiger partial charge in [-0.05, 0) is 34.4 Å². The van der Waals surface area contributed by atoms with Crippen LogP contribution in [-0.4, -0.2) is 37.3 Å². The van der Waals surface area contributed by atoms with E-state index in [-0.39, 0.29) is 17.7 Å². The van der Waals surface area contributed by atoms with Crippen LogP contribution in [0.4, 0.5) is 5.82 Å². The van der Waals surface area contributed by atoms with Crippen molar-refractivity contribution in [3.05, 3.63) is 95.2 Å². The normalized spacial score (nSPS) is 27.5. The van der Waals surface area contributed by atoms with E-state index in [9.17, 15) is 9.59 Å². The summed E-state index contributed by atoms with van der Waals surface area (Å²) in [6.07, 6.45) is 0.845. The lowest BCUT2D eigenvalue weighted by Gasteiger charge is -2.56. The minimum absolute atomic E-state index is 0.214. The number of benzene rings is 2. The highest BCUT2D eigenvalue weighted by atomic mass is 16.7. The maximum atomic E-state index is 14.1. The van der Waals surface area contributed by atoms with E-state index in [4.69, 9.17) is 9.47 Å². The van der Waals surface area contributed by atoms with E-state index in [1.165, 1.54) is 4.90 Å². The van der Waals surface area contributed by atoms with Gasteiger partial charge in [0.2, 0.25) is 11.8 Å². The first-order valence-corrected chi connectivity index (χ1v) is 10.7. The highest BCUT2D eigenvalue weighted by Gasteiger charge is 2.71. The van der Waals surface area contributed by atoms with Crippen molar-refractivity contribution in [2.45, 2.75) is 17.6 Å². The van der Waals surface area contributed by atoms with Gasteiger partial charge in [0, 0.05) is 26.3 Å². The summed E-state index contributed by atoms with van der Waals surface area (Å²) in [6, 6.07) is 21.4. The predicted octanol–water partition coefficient (Wildman–Crippen LogP) is 3.25. The standard InChI is InChI=1S/C26H22N2O4/c1-31-25(32-2)26-17-11-5-3-9-15(17)20(16-10-4-6-12-18(16)26)21-22(26)24(30)28(23(21)29)19-13-7-8-14-27-19/h3-14,20-22,25H,1-2H3/t20?,21-,22+,26?/m0/s1. The first-order valence-electron chi connectivity index (χ1n) is 10.7. The van der Waals surface area contributed by atoms with Gasteiger partial charge >= 0.3 is 0 Å². The van der Waals surface area contributed by atoms with Gasteiger partial charge < -0.3 is 9.47 Å². The van der Waals surface area contributed by atoms with Gasteiger partial charge in [0.25, 0.3) is 0 Å². The molecule has 1 aromatic heterocycles. The number of carbonyl (C=O) groups is 2. The summed E-state index contributed by atoms with van der Waals surface area (Å²) in [6.45, 7) is 0. The van der Waals surface area contributed by atoms with Crippen LogP contribution in [0.5, 0.6) is 0 Å². The minimum Gasteiger partial charge on any atom is -0.355 e. The van der Waals surface area contributed by atoms with Gasteiger partial charge in [-0.2, -0.15) is 0 Å². The molecule has 1 saturated heterocycles. The third-order valence-corrected chi connectivity index (χ3v) is 7.36. The number of ether oxygens (including phenoxy) is 2. The SMILES string of the molecule is COC(OC)C12c3ccccc3C(c3ccccc31)[C@@H]1C(=O)N(c3ccccn3)C(=O)[C@@H]12. The Labute approximate surface area is 185 Å². The van der Waals surface area contributed by atoms with Crippen LogP contribution in [0.25, 0.3) is 0 Å². The number of hydrogen-bond donors (Lipinski definition) is 0. The number of carbonyl (C=O) groups excluding carboxylic acids is 2. The monoisotopic (exact) mass is 426 g/mol. The summed E-state index contributed by atoms with van der Waals surface area (Å²) in [4.78, 5) is 33.5. The van der Waals surface area contributed by atoms with E-state index >= 15 is 0 Å². The van der Waals surface area contributed by atoms with Crippen LogP contribution in [0.1, 0.15) is 28.2 Å². The fourth-order valence-corrected chi connectivity index (χ4v) is 6.41. The number of hydrogen-bond acceptors (Lipinski definition) is 5. The van der Waals surface area contributed by atoms with E-state index in [0.29, 0.717) is 5.82 Å². The molecule has 3 aliphatic carbocycles. The summed E-state index contributed by atoms with van der Waals surface area (Å²) in [7, 11) is 3.17. The van der Waals surface area contributed by atoms with Crippen LogP contribution in [0.2, 0.25) is 0 Å². The van der Waals surface area contributed by atoms with Crippen LogP contribution in [-0.2, 0) is 24.5 Å². The first kappa shape index (κ1) is 19.3. The second kappa shape index (κ2) is 6.82. The van der Waals surface area contributed by atoms with Gasteiger partial charge in [-0.3, -0.25) is 9.59 Å². The largest absolute Gasteiger partial charge is 0.355 e. The lowest BCUT2D eigenvalue weighted by Crippen LogP contribution is -2.60. The Morgan fingerprint density at radius 2 is 1.44 bits per heavy atom. The number of methoxy groups -OCH3 is 2. The lowest BCUT2D eigenvalue weighted by atomic mass is 9.47. The molecule has 4 aliphatic rings. The van der Waals surface area contributed by atoms with Gasteiger partial charge in [-0.25, -0.2) is 9.88 Å².